The van der Waals surface area contributed by atoms with Crippen molar-refractivity contribution in [3.63, 3.8) is 0 Å². The Morgan fingerprint density at radius 2 is 1.90 bits per heavy atom. The maximum Gasteiger partial charge on any atom is 0.330 e. The summed E-state index contributed by atoms with van der Waals surface area (Å²) < 4.78 is 0. The van der Waals surface area contributed by atoms with Gasteiger partial charge in [-0.05, 0) is 30.9 Å². The highest BCUT2D eigenvalue weighted by atomic mass is 32.1. The first-order chi connectivity index (χ1) is 9.95. The Morgan fingerprint density at radius 3 is 2.43 bits per heavy atom. The van der Waals surface area contributed by atoms with E-state index in [0.717, 1.165) is 16.0 Å². The van der Waals surface area contributed by atoms with Gasteiger partial charge < -0.3 is 10.4 Å². The SMILES string of the molecule is Cc1cc(C)cc(C(NC(=O)Cc2cccs2)C(=O)O)c1. The lowest BCUT2D eigenvalue weighted by atomic mass is 10.0. The number of carboxylic acid groups (broad SMARTS) is 1. The Labute approximate surface area is 127 Å². The number of aliphatic carboxylic acids is 1. The fraction of sp³-hybridized carbons (Fsp3) is 0.250. The zero-order valence-corrected chi connectivity index (χ0v) is 12.7. The Balaban J connectivity index is 2.15. The molecule has 5 heteroatoms. The van der Waals surface area contributed by atoms with Gasteiger partial charge in [-0.2, -0.15) is 0 Å². The summed E-state index contributed by atoms with van der Waals surface area (Å²) in [4.78, 5) is 24.4. The van der Waals surface area contributed by atoms with E-state index in [-0.39, 0.29) is 12.3 Å². The summed E-state index contributed by atoms with van der Waals surface area (Å²) in [5.41, 5.74) is 2.55. The summed E-state index contributed by atoms with van der Waals surface area (Å²) >= 11 is 1.48. The largest absolute Gasteiger partial charge is 0.479 e. The van der Waals surface area contributed by atoms with Crippen LogP contribution in [-0.2, 0) is 16.0 Å². The van der Waals surface area contributed by atoms with Crippen molar-refractivity contribution in [3.8, 4) is 0 Å². The van der Waals surface area contributed by atoms with Crippen LogP contribution in [0, 0.1) is 13.8 Å². The van der Waals surface area contributed by atoms with E-state index in [1.807, 2.05) is 37.4 Å². The van der Waals surface area contributed by atoms with Gasteiger partial charge in [0, 0.05) is 4.88 Å². The van der Waals surface area contributed by atoms with Gasteiger partial charge in [0.25, 0.3) is 0 Å². The van der Waals surface area contributed by atoms with Gasteiger partial charge in [0.05, 0.1) is 6.42 Å². The third kappa shape index (κ3) is 4.16. The molecule has 0 bridgehead atoms. The molecule has 110 valence electrons. The number of benzene rings is 1. The second-order valence-corrected chi connectivity index (χ2v) is 6.05. The van der Waals surface area contributed by atoms with E-state index in [9.17, 15) is 14.7 Å². The molecule has 2 N–H and O–H groups in total. The smallest absolute Gasteiger partial charge is 0.330 e. The molecule has 1 unspecified atom stereocenters. The van der Waals surface area contributed by atoms with Crippen molar-refractivity contribution >= 4 is 23.2 Å². The number of aryl methyl sites for hydroxylation is 2. The van der Waals surface area contributed by atoms with E-state index in [1.54, 1.807) is 12.1 Å². The maximum absolute atomic E-state index is 12.0. The maximum atomic E-state index is 12.0. The van der Waals surface area contributed by atoms with Gasteiger partial charge in [0.15, 0.2) is 6.04 Å². The van der Waals surface area contributed by atoms with Gasteiger partial charge >= 0.3 is 5.97 Å². The molecule has 2 rings (SSSR count). The Bertz CT molecular complexity index is 629. The number of carbonyl (C=O) groups excluding carboxylic acids is 1. The first kappa shape index (κ1) is 15.3. The number of rotatable bonds is 5. The third-order valence-electron chi connectivity index (χ3n) is 3.04. The minimum atomic E-state index is -1.06. The van der Waals surface area contributed by atoms with Gasteiger partial charge in [-0.3, -0.25) is 4.79 Å². The number of thiophene rings is 1. The lowest BCUT2D eigenvalue weighted by Gasteiger charge is -2.16. The molecule has 2 aromatic rings. The minimum Gasteiger partial charge on any atom is -0.479 e. The molecular weight excluding hydrogens is 286 g/mol. The van der Waals surface area contributed by atoms with E-state index in [2.05, 4.69) is 5.32 Å². The van der Waals surface area contributed by atoms with Crippen LogP contribution in [0.4, 0.5) is 0 Å². The molecular formula is C16H17NO3S. The summed E-state index contributed by atoms with van der Waals surface area (Å²) in [5.74, 6) is -1.34. The lowest BCUT2D eigenvalue weighted by Crippen LogP contribution is -2.34. The standard InChI is InChI=1S/C16H17NO3S/c1-10-6-11(2)8-12(7-10)15(16(19)20)17-14(18)9-13-4-3-5-21-13/h3-8,15H,9H2,1-2H3,(H,17,18)(H,19,20). The molecule has 0 saturated heterocycles. The van der Waals surface area contributed by atoms with Crippen molar-refractivity contribution in [2.45, 2.75) is 26.3 Å². The average molecular weight is 303 g/mol. The predicted octanol–water partition coefficient (Wildman–Crippen LogP) is 2.85. The summed E-state index contributed by atoms with van der Waals surface area (Å²) in [6.07, 6.45) is 0.201. The molecule has 0 radical (unpaired) electrons. The summed E-state index contributed by atoms with van der Waals surface area (Å²) in [7, 11) is 0. The summed E-state index contributed by atoms with van der Waals surface area (Å²) in [6.45, 7) is 3.81. The quantitative estimate of drug-likeness (QED) is 0.892. The topological polar surface area (TPSA) is 66.4 Å². The molecule has 0 aliphatic rings. The fourth-order valence-electron chi connectivity index (χ4n) is 2.25. The highest BCUT2D eigenvalue weighted by Crippen LogP contribution is 2.18. The second-order valence-electron chi connectivity index (χ2n) is 5.02. The van der Waals surface area contributed by atoms with E-state index < -0.39 is 12.0 Å². The van der Waals surface area contributed by atoms with Gasteiger partial charge in [0.1, 0.15) is 0 Å². The van der Waals surface area contributed by atoms with Crippen LogP contribution in [0.25, 0.3) is 0 Å². The molecule has 0 saturated carbocycles. The monoisotopic (exact) mass is 303 g/mol. The van der Waals surface area contributed by atoms with Crippen LogP contribution in [-0.4, -0.2) is 17.0 Å². The Hall–Kier alpha value is -2.14. The molecule has 0 aliphatic carbocycles. The molecule has 1 heterocycles. The zero-order chi connectivity index (χ0) is 15.4. The first-order valence-electron chi connectivity index (χ1n) is 6.58. The normalized spacial score (nSPS) is 11.9. The van der Waals surface area contributed by atoms with Crippen LogP contribution >= 0.6 is 11.3 Å². The van der Waals surface area contributed by atoms with Crippen LogP contribution < -0.4 is 5.32 Å². The molecule has 1 amide bonds. The average Bonchev–Trinajstić information content (AvgIpc) is 2.87. The summed E-state index contributed by atoms with van der Waals surface area (Å²) in [6, 6.07) is 8.25. The molecule has 0 fully saturated rings. The van der Waals surface area contributed by atoms with Crippen LogP contribution in [0.5, 0.6) is 0 Å². The van der Waals surface area contributed by atoms with Crippen molar-refractivity contribution in [2.75, 3.05) is 0 Å². The van der Waals surface area contributed by atoms with Crippen LogP contribution in [0.1, 0.15) is 27.6 Å². The van der Waals surface area contributed by atoms with Crippen molar-refractivity contribution in [1.82, 2.24) is 5.32 Å². The number of carboxylic acids is 1. The van der Waals surface area contributed by atoms with Crippen LogP contribution in [0.15, 0.2) is 35.7 Å². The Morgan fingerprint density at radius 1 is 1.24 bits per heavy atom. The Kier molecular flexibility index (Phi) is 4.75. The number of hydrogen-bond donors (Lipinski definition) is 2. The van der Waals surface area contributed by atoms with Gasteiger partial charge in [-0.1, -0.05) is 35.4 Å². The zero-order valence-electron chi connectivity index (χ0n) is 11.9. The van der Waals surface area contributed by atoms with Gasteiger partial charge in [-0.15, -0.1) is 11.3 Å². The first-order valence-corrected chi connectivity index (χ1v) is 7.46. The van der Waals surface area contributed by atoms with Gasteiger partial charge in [0.2, 0.25) is 5.91 Å². The summed E-state index contributed by atoms with van der Waals surface area (Å²) in [5, 5.41) is 13.9. The molecule has 0 spiro atoms. The number of carbonyl (C=O) groups is 2. The van der Waals surface area contributed by atoms with Crippen molar-refractivity contribution in [3.05, 3.63) is 57.3 Å². The van der Waals surface area contributed by atoms with Crippen LogP contribution in [0.3, 0.4) is 0 Å². The number of hydrogen-bond acceptors (Lipinski definition) is 3. The highest BCUT2D eigenvalue weighted by Gasteiger charge is 2.22. The molecule has 1 aromatic carbocycles. The predicted molar refractivity (Wildman–Crippen MR) is 82.5 cm³/mol. The number of nitrogens with one attached hydrogen (secondary N) is 1. The van der Waals surface area contributed by atoms with E-state index >= 15 is 0 Å². The van der Waals surface area contributed by atoms with Crippen LogP contribution in [0.2, 0.25) is 0 Å². The number of amides is 1. The van der Waals surface area contributed by atoms with Gasteiger partial charge in [-0.25, -0.2) is 4.79 Å². The van der Waals surface area contributed by atoms with Crippen molar-refractivity contribution in [2.24, 2.45) is 0 Å². The van der Waals surface area contributed by atoms with Crippen molar-refractivity contribution in [1.29, 1.82) is 0 Å². The van der Waals surface area contributed by atoms with E-state index in [4.69, 9.17) is 0 Å². The van der Waals surface area contributed by atoms with E-state index in [0.29, 0.717) is 5.56 Å². The fourth-order valence-corrected chi connectivity index (χ4v) is 2.95. The van der Waals surface area contributed by atoms with E-state index in [1.165, 1.54) is 11.3 Å². The van der Waals surface area contributed by atoms with Crippen molar-refractivity contribution < 1.29 is 14.7 Å². The lowest BCUT2D eigenvalue weighted by molar-refractivity contribution is -0.141. The molecule has 1 aromatic heterocycles. The molecule has 1 atom stereocenters. The second kappa shape index (κ2) is 6.54. The third-order valence-corrected chi connectivity index (χ3v) is 3.92. The molecule has 4 nitrogen and oxygen atoms in total. The highest BCUT2D eigenvalue weighted by molar-refractivity contribution is 7.10. The minimum absolute atomic E-state index is 0.201. The molecule has 21 heavy (non-hydrogen) atoms. The molecule has 0 aliphatic heterocycles.